The summed E-state index contributed by atoms with van der Waals surface area (Å²) in [4.78, 5) is -0.773. The molecule has 0 unspecified atom stereocenters. The van der Waals surface area contributed by atoms with Gasteiger partial charge in [-0.25, -0.2) is 21.9 Å². The zero-order chi connectivity index (χ0) is 15.1. The van der Waals surface area contributed by atoms with Gasteiger partial charge in [-0.3, -0.25) is 0 Å². The van der Waals surface area contributed by atoms with Crippen LogP contribution in [0.1, 0.15) is 11.3 Å². The summed E-state index contributed by atoms with van der Waals surface area (Å²) < 4.78 is 57.5. The van der Waals surface area contributed by atoms with Crippen LogP contribution in [-0.2, 0) is 10.0 Å². The predicted octanol–water partition coefficient (Wildman–Crippen LogP) is 1.95. The van der Waals surface area contributed by atoms with Crippen molar-refractivity contribution in [1.29, 1.82) is 0 Å². The zero-order valence-electron chi connectivity index (χ0n) is 10.6. The Hall–Kier alpha value is -2.16. The highest BCUT2D eigenvalue weighted by Crippen LogP contribution is 2.25. The van der Waals surface area contributed by atoms with Crippen molar-refractivity contribution in [1.82, 2.24) is 5.16 Å². The number of nitrogens with two attached hydrogens (primary N) is 1. The molecule has 0 atom stereocenters. The van der Waals surface area contributed by atoms with Crippen LogP contribution in [0, 0.1) is 25.5 Å². The molecule has 0 saturated carbocycles. The van der Waals surface area contributed by atoms with Crippen molar-refractivity contribution in [2.24, 2.45) is 0 Å². The summed E-state index contributed by atoms with van der Waals surface area (Å²) >= 11 is 0. The summed E-state index contributed by atoms with van der Waals surface area (Å²) in [7, 11) is -4.30. The van der Waals surface area contributed by atoms with Crippen LogP contribution in [-0.4, -0.2) is 13.6 Å². The molecule has 0 bridgehead atoms. The number of aromatic nitrogens is 1. The summed E-state index contributed by atoms with van der Waals surface area (Å²) in [5.41, 5.74) is 5.72. The molecule has 2 rings (SSSR count). The van der Waals surface area contributed by atoms with Crippen LogP contribution in [0.15, 0.2) is 21.6 Å². The first-order chi connectivity index (χ1) is 9.22. The molecule has 0 radical (unpaired) electrons. The van der Waals surface area contributed by atoms with E-state index >= 15 is 0 Å². The maximum absolute atomic E-state index is 13.6. The van der Waals surface area contributed by atoms with E-state index < -0.39 is 32.2 Å². The average Bonchev–Trinajstić information content (AvgIpc) is 2.65. The minimum Gasteiger partial charge on any atom is -0.396 e. The third kappa shape index (κ3) is 2.44. The number of rotatable bonds is 3. The molecular weight excluding hydrogens is 292 g/mol. The fourth-order valence-electron chi connectivity index (χ4n) is 1.44. The smallest absolute Gasteiger partial charge is 0.267 e. The number of halogens is 2. The van der Waals surface area contributed by atoms with E-state index in [1.165, 1.54) is 0 Å². The first kappa shape index (κ1) is 14.3. The van der Waals surface area contributed by atoms with Crippen LogP contribution in [0.4, 0.5) is 20.4 Å². The van der Waals surface area contributed by atoms with Gasteiger partial charge >= 0.3 is 0 Å². The maximum Gasteiger partial charge on any atom is 0.267 e. The van der Waals surface area contributed by atoms with Crippen LogP contribution in [0.3, 0.4) is 0 Å². The van der Waals surface area contributed by atoms with Crippen molar-refractivity contribution in [3.05, 3.63) is 35.0 Å². The first-order valence-corrected chi connectivity index (χ1v) is 6.91. The van der Waals surface area contributed by atoms with E-state index in [2.05, 4.69) is 5.16 Å². The van der Waals surface area contributed by atoms with Gasteiger partial charge in [-0.05, 0) is 19.9 Å². The van der Waals surface area contributed by atoms with Crippen molar-refractivity contribution < 1.29 is 21.7 Å². The van der Waals surface area contributed by atoms with Gasteiger partial charge < -0.3 is 10.3 Å². The van der Waals surface area contributed by atoms with Gasteiger partial charge in [0.15, 0.2) is 0 Å². The van der Waals surface area contributed by atoms with Gasteiger partial charge in [0.2, 0.25) is 5.88 Å². The fraction of sp³-hybridized carbons (Fsp3) is 0.182. The van der Waals surface area contributed by atoms with Gasteiger partial charge in [-0.1, -0.05) is 5.16 Å². The van der Waals surface area contributed by atoms with Gasteiger partial charge in [0.25, 0.3) is 10.0 Å². The van der Waals surface area contributed by atoms with Crippen LogP contribution in [0.2, 0.25) is 0 Å². The second kappa shape index (κ2) is 4.75. The van der Waals surface area contributed by atoms with E-state index in [1.54, 1.807) is 13.8 Å². The minimum absolute atomic E-state index is 0.134. The molecule has 3 N–H and O–H groups in total. The quantitative estimate of drug-likeness (QED) is 0.844. The zero-order valence-corrected chi connectivity index (χ0v) is 11.4. The van der Waals surface area contributed by atoms with Gasteiger partial charge in [-0.15, -0.1) is 0 Å². The van der Waals surface area contributed by atoms with Gasteiger partial charge in [-0.2, -0.15) is 0 Å². The lowest BCUT2D eigenvalue weighted by atomic mass is 10.3. The maximum atomic E-state index is 13.6. The van der Waals surface area contributed by atoms with Crippen molar-refractivity contribution in [2.75, 3.05) is 10.5 Å². The number of hydrogen-bond donors (Lipinski definition) is 2. The lowest BCUT2D eigenvalue weighted by Crippen LogP contribution is -2.15. The molecule has 1 heterocycles. The number of nitrogens with zero attached hydrogens (tertiary/aromatic N) is 1. The minimum atomic E-state index is -4.30. The Morgan fingerprint density at radius 1 is 1.25 bits per heavy atom. The molecular formula is C11H11F2N3O3S. The number of nitrogen functional groups attached to an aromatic ring is 1. The third-order valence-electron chi connectivity index (χ3n) is 2.72. The Bertz CT molecular complexity index is 771. The third-order valence-corrected chi connectivity index (χ3v) is 4.07. The topological polar surface area (TPSA) is 98.2 Å². The van der Waals surface area contributed by atoms with E-state index in [1.807, 2.05) is 4.72 Å². The molecule has 6 nitrogen and oxygen atoms in total. The Morgan fingerprint density at radius 2 is 1.90 bits per heavy atom. The number of aryl methyl sites for hydroxylation is 1. The van der Waals surface area contributed by atoms with Gasteiger partial charge in [0, 0.05) is 11.6 Å². The second-order valence-corrected chi connectivity index (χ2v) is 5.78. The number of hydrogen-bond acceptors (Lipinski definition) is 5. The second-order valence-electron chi connectivity index (χ2n) is 4.13. The summed E-state index contributed by atoms with van der Waals surface area (Å²) in [6.07, 6.45) is 0. The van der Waals surface area contributed by atoms with Crippen LogP contribution >= 0.6 is 0 Å². The summed E-state index contributed by atoms with van der Waals surface area (Å²) in [6.45, 7) is 3.20. The number of benzene rings is 1. The summed E-state index contributed by atoms with van der Waals surface area (Å²) in [6, 6.07) is 1.11. The molecule has 0 amide bonds. The van der Waals surface area contributed by atoms with Crippen LogP contribution in [0.5, 0.6) is 0 Å². The molecule has 108 valence electrons. The van der Waals surface area contributed by atoms with E-state index in [0.29, 0.717) is 23.4 Å². The highest BCUT2D eigenvalue weighted by Gasteiger charge is 2.24. The van der Waals surface area contributed by atoms with Crippen LogP contribution in [0.25, 0.3) is 0 Å². The molecule has 1 aromatic carbocycles. The molecule has 0 aliphatic heterocycles. The molecule has 0 aliphatic carbocycles. The summed E-state index contributed by atoms with van der Waals surface area (Å²) in [5.74, 6) is -2.42. The highest BCUT2D eigenvalue weighted by atomic mass is 32.2. The van der Waals surface area contributed by atoms with Gasteiger partial charge in [0.1, 0.15) is 16.5 Å². The fourth-order valence-corrected chi connectivity index (χ4v) is 2.58. The summed E-state index contributed by atoms with van der Waals surface area (Å²) in [5, 5.41) is 3.57. The lowest BCUT2D eigenvalue weighted by molar-refractivity contribution is 0.430. The average molecular weight is 303 g/mol. The van der Waals surface area contributed by atoms with Crippen molar-refractivity contribution >= 4 is 21.6 Å². The largest absolute Gasteiger partial charge is 0.396 e. The molecule has 0 fully saturated rings. The number of sulfonamides is 1. The number of nitrogens with one attached hydrogen (secondary N) is 1. The van der Waals surface area contributed by atoms with E-state index in [4.69, 9.17) is 10.3 Å². The van der Waals surface area contributed by atoms with Crippen LogP contribution < -0.4 is 10.5 Å². The monoisotopic (exact) mass is 303 g/mol. The molecule has 0 aliphatic rings. The SMILES string of the molecule is Cc1noc(NS(=O)(=O)c2cc(N)c(F)cc2F)c1C. The van der Waals surface area contributed by atoms with Crippen molar-refractivity contribution in [3.8, 4) is 0 Å². The van der Waals surface area contributed by atoms with Gasteiger partial charge in [0.05, 0.1) is 11.4 Å². The molecule has 0 spiro atoms. The van der Waals surface area contributed by atoms with E-state index in [9.17, 15) is 17.2 Å². The first-order valence-electron chi connectivity index (χ1n) is 5.42. The Morgan fingerprint density at radius 3 is 2.45 bits per heavy atom. The van der Waals surface area contributed by atoms with E-state index in [-0.39, 0.29) is 5.88 Å². The molecule has 2 aromatic rings. The normalized spacial score (nSPS) is 11.6. The van der Waals surface area contributed by atoms with Crippen molar-refractivity contribution in [2.45, 2.75) is 18.7 Å². The lowest BCUT2D eigenvalue weighted by Gasteiger charge is -2.08. The van der Waals surface area contributed by atoms with Crippen molar-refractivity contribution in [3.63, 3.8) is 0 Å². The number of anilines is 2. The molecule has 9 heteroatoms. The Labute approximate surface area is 113 Å². The Kier molecular flexibility index (Phi) is 3.38. The highest BCUT2D eigenvalue weighted by molar-refractivity contribution is 7.92. The predicted molar refractivity (Wildman–Crippen MR) is 67.6 cm³/mol. The molecule has 0 saturated heterocycles. The standard InChI is InChI=1S/C11H11F2N3O3S/c1-5-6(2)15-19-11(5)16-20(17,18)10-4-9(14)7(12)3-8(10)13/h3-4,16H,14H2,1-2H3. The molecule has 1 aromatic heterocycles. The molecule has 20 heavy (non-hydrogen) atoms. The van der Waals surface area contributed by atoms with E-state index in [0.717, 1.165) is 0 Å². The Balaban J connectivity index is 2.46.